The Balaban J connectivity index is 1.78. The summed E-state index contributed by atoms with van der Waals surface area (Å²) in [5, 5.41) is 10.9. The molecule has 0 saturated carbocycles. The lowest BCUT2D eigenvalue weighted by atomic mass is 10.0. The van der Waals surface area contributed by atoms with Crippen LogP contribution in [-0.4, -0.2) is 46.7 Å². The number of hydrogen-bond acceptors (Lipinski definition) is 4. The number of carbonyl (C=O) groups excluding carboxylic acids is 1. The largest absolute Gasteiger partial charge is 0.352 e. The number of carbonyl (C=O) groups is 1. The van der Waals surface area contributed by atoms with Crippen LogP contribution in [0.5, 0.6) is 0 Å². The molecule has 5 heteroatoms. The highest BCUT2D eigenvalue weighted by atomic mass is 16.2. The van der Waals surface area contributed by atoms with Crippen LogP contribution in [0, 0.1) is 0 Å². The van der Waals surface area contributed by atoms with Gasteiger partial charge in [-0.1, -0.05) is 24.3 Å². The average molecular weight is 324 g/mol. The number of fused-ring (bicyclic) bond motifs is 1. The van der Waals surface area contributed by atoms with Gasteiger partial charge < -0.3 is 9.80 Å². The molecule has 0 aliphatic carbocycles. The highest BCUT2D eigenvalue weighted by molar-refractivity contribution is 6.07. The first-order chi connectivity index (χ1) is 11.8. The molecule has 0 N–H and O–H groups in total. The van der Waals surface area contributed by atoms with Crippen molar-refractivity contribution in [2.75, 3.05) is 24.5 Å². The first-order valence-electron chi connectivity index (χ1n) is 9.07. The van der Waals surface area contributed by atoms with E-state index >= 15 is 0 Å². The molecule has 24 heavy (non-hydrogen) atoms. The van der Waals surface area contributed by atoms with Crippen LogP contribution >= 0.6 is 0 Å². The van der Waals surface area contributed by atoms with Crippen LogP contribution in [0.1, 0.15) is 49.5 Å². The molecule has 3 heterocycles. The molecule has 4 rings (SSSR count). The van der Waals surface area contributed by atoms with E-state index in [1.54, 1.807) is 0 Å². The van der Waals surface area contributed by atoms with Crippen LogP contribution in [0.4, 0.5) is 5.82 Å². The van der Waals surface area contributed by atoms with E-state index in [-0.39, 0.29) is 5.91 Å². The van der Waals surface area contributed by atoms with Crippen molar-refractivity contribution in [2.24, 2.45) is 0 Å². The number of amides is 1. The topological polar surface area (TPSA) is 49.3 Å². The summed E-state index contributed by atoms with van der Waals surface area (Å²) in [6.45, 7) is 4.93. The van der Waals surface area contributed by atoms with Crippen LogP contribution in [0.2, 0.25) is 0 Å². The highest BCUT2D eigenvalue weighted by Gasteiger charge is 2.26. The SMILES string of the molecule is CC1CCCCN1c1nnc(C(=O)N2CCCC2)c2ccccc12. The van der Waals surface area contributed by atoms with E-state index in [0.29, 0.717) is 11.7 Å². The van der Waals surface area contributed by atoms with E-state index in [0.717, 1.165) is 49.1 Å². The molecule has 2 fully saturated rings. The van der Waals surface area contributed by atoms with Gasteiger partial charge in [-0.2, -0.15) is 0 Å². The van der Waals surface area contributed by atoms with Crippen LogP contribution in [0.25, 0.3) is 10.8 Å². The Morgan fingerprint density at radius 2 is 1.71 bits per heavy atom. The summed E-state index contributed by atoms with van der Waals surface area (Å²) in [5.74, 6) is 0.949. The number of nitrogens with zero attached hydrogens (tertiary/aromatic N) is 4. The Bertz CT molecular complexity index is 754. The number of aromatic nitrogens is 2. The fourth-order valence-electron chi connectivity index (χ4n) is 3.94. The molecule has 1 unspecified atom stereocenters. The Labute approximate surface area is 142 Å². The quantitative estimate of drug-likeness (QED) is 0.851. The van der Waals surface area contributed by atoms with Crippen molar-refractivity contribution in [1.29, 1.82) is 0 Å². The number of rotatable bonds is 2. The third kappa shape index (κ3) is 2.62. The molecule has 1 atom stereocenters. The zero-order valence-corrected chi connectivity index (χ0v) is 14.2. The molecule has 2 aliphatic heterocycles. The summed E-state index contributed by atoms with van der Waals surface area (Å²) in [6.07, 6.45) is 5.81. The second-order valence-electron chi connectivity index (χ2n) is 6.96. The lowest BCUT2D eigenvalue weighted by Crippen LogP contribution is -2.38. The van der Waals surface area contributed by atoms with Crippen molar-refractivity contribution in [1.82, 2.24) is 15.1 Å². The van der Waals surface area contributed by atoms with Gasteiger partial charge in [0.2, 0.25) is 0 Å². The van der Waals surface area contributed by atoms with Crippen LogP contribution < -0.4 is 4.90 Å². The van der Waals surface area contributed by atoms with E-state index in [1.165, 1.54) is 19.3 Å². The van der Waals surface area contributed by atoms with Gasteiger partial charge in [-0.05, 0) is 39.0 Å². The van der Waals surface area contributed by atoms with Crippen LogP contribution in [0.3, 0.4) is 0 Å². The van der Waals surface area contributed by atoms with E-state index < -0.39 is 0 Å². The van der Waals surface area contributed by atoms with Crippen molar-refractivity contribution in [3.63, 3.8) is 0 Å². The summed E-state index contributed by atoms with van der Waals surface area (Å²) in [4.78, 5) is 17.1. The van der Waals surface area contributed by atoms with Gasteiger partial charge in [0, 0.05) is 36.4 Å². The third-order valence-electron chi connectivity index (χ3n) is 5.34. The van der Waals surface area contributed by atoms with Gasteiger partial charge in [0.05, 0.1) is 0 Å². The molecule has 1 aromatic carbocycles. The Morgan fingerprint density at radius 1 is 1.00 bits per heavy atom. The fourth-order valence-corrected chi connectivity index (χ4v) is 3.94. The van der Waals surface area contributed by atoms with Crippen molar-refractivity contribution < 1.29 is 4.79 Å². The molecule has 0 radical (unpaired) electrons. The second kappa shape index (κ2) is 6.38. The zero-order chi connectivity index (χ0) is 16.5. The lowest BCUT2D eigenvalue weighted by molar-refractivity contribution is 0.0788. The molecular formula is C19H24N4O. The summed E-state index contributed by atoms with van der Waals surface area (Å²) in [7, 11) is 0. The van der Waals surface area contributed by atoms with Crippen molar-refractivity contribution in [3.05, 3.63) is 30.0 Å². The number of piperidine rings is 1. The van der Waals surface area contributed by atoms with E-state index in [4.69, 9.17) is 0 Å². The smallest absolute Gasteiger partial charge is 0.275 e. The first kappa shape index (κ1) is 15.4. The van der Waals surface area contributed by atoms with Crippen molar-refractivity contribution in [2.45, 2.75) is 45.1 Å². The number of anilines is 1. The van der Waals surface area contributed by atoms with Crippen molar-refractivity contribution >= 4 is 22.5 Å². The molecule has 1 amide bonds. The monoisotopic (exact) mass is 324 g/mol. The number of benzene rings is 1. The molecule has 0 spiro atoms. The molecule has 126 valence electrons. The van der Waals surface area contributed by atoms with Gasteiger partial charge in [0.25, 0.3) is 5.91 Å². The van der Waals surface area contributed by atoms with Gasteiger partial charge in [-0.25, -0.2) is 0 Å². The normalized spacial score (nSPS) is 21.5. The van der Waals surface area contributed by atoms with Gasteiger partial charge in [0.1, 0.15) is 0 Å². The Morgan fingerprint density at radius 3 is 2.46 bits per heavy atom. The van der Waals surface area contributed by atoms with Gasteiger partial charge in [0.15, 0.2) is 11.5 Å². The molecule has 0 bridgehead atoms. The first-order valence-corrected chi connectivity index (χ1v) is 9.07. The van der Waals surface area contributed by atoms with E-state index in [9.17, 15) is 4.79 Å². The highest BCUT2D eigenvalue weighted by Crippen LogP contribution is 2.31. The molecule has 1 aromatic heterocycles. The summed E-state index contributed by atoms with van der Waals surface area (Å²) < 4.78 is 0. The van der Waals surface area contributed by atoms with Crippen molar-refractivity contribution in [3.8, 4) is 0 Å². The van der Waals surface area contributed by atoms with Gasteiger partial charge in [-0.15, -0.1) is 10.2 Å². The fraction of sp³-hybridized carbons (Fsp3) is 0.526. The van der Waals surface area contributed by atoms with Gasteiger partial charge >= 0.3 is 0 Å². The minimum atomic E-state index is 0.0226. The molecule has 5 nitrogen and oxygen atoms in total. The predicted molar refractivity (Wildman–Crippen MR) is 95.3 cm³/mol. The number of hydrogen-bond donors (Lipinski definition) is 0. The summed E-state index contributed by atoms with van der Waals surface area (Å²) >= 11 is 0. The van der Waals surface area contributed by atoms with Crippen LogP contribution in [0.15, 0.2) is 24.3 Å². The maximum Gasteiger partial charge on any atom is 0.275 e. The Kier molecular flexibility index (Phi) is 4.08. The molecule has 2 saturated heterocycles. The summed E-state index contributed by atoms with van der Waals surface area (Å²) in [6, 6.07) is 8.55. The number of likely N-dealkylation sites (tertiary alicyclic amines) is 1. The predicted octanol–water partition coefficient (Wildman–Crippen LogP) is 3.24. The molecular weight excluding hydrogens is 300 g/mol. The molecule has 2 aromatic rings. The second-order valence-corrected chi connectivity index (χ2v) is 6.96. The maximum absolute atomic E-state index is 12.8. The average Bonchev–Trinajstić information content (AvgIpc) is 3.15. The molecule has 2 aliphatic rings. The van der Waals surface area contributed by atoms with E-state index in [2.05, 4.69) is 28.1 Å². The lowest BCUT2D eigenvalue weighted by Gasteiger charge is -2.34. The minimum Gasteiger partial charge on any atom is -0.352 e. The standard InChI is InChI=1S/C19H24N4O/c1-14-8-4-5-13-23(14)18-16-10-3-2-9-15(16)17(20-21-18)19(24)22-11-6-7-12-22/h2-3,9-10,14H,4-8,11-13H2,1H3. The van der Waals surface area contributed by atoms with Gasteiger partial charge in [-0.3, -0.25) is 4.79 Å². The third-order valence-corrected chi connectivity index (χ3v) is 5.34. The minimum absolute atomic E-state index is 0.0226. The Hall–Kier alpha value is -2.17. The summed E-state index contributed by atoms with van der Waals surface area (Å²) in [5.41, 5.74) is 0.501. The van der Waals surface area contributed by atoms with E-state index in [1.807, 2.05) is 23.1 Å². The maximum atomic E-state index is 12.8. The van der Waals surface area contributed by atoms with Crippen LogP contribution in [-0.2, 0) is 0 Å². The zero-order valence-electron chi connectivity index (χ0n) is 14.2.